The van der Waals surface area contributed by atoms with Gasteiger partial charge in [0.25, 0.3) is 0 Å². The summed E-state index contributed by atoms with van der Waals surface area (Å²) in [5, 5.41) is 27.2. The van der Waals surface area contributed by atoms with E-state index in [9.17, 15) is 14.7 Å². The van der Waals surface area contributed by atoms with E-state index in [1.165, 1.54) is 4.90 Å². The van der Waals surface area contributed by atoms with Crippen LogP contribution >= 0.6 is 0 Å². The topological polar surface area (TPSA) is 176 Å². The summed E-state index contributed by atoms with van der Waals surface area (Å²) in [6, 6.07) is -0.713. The van der Waals surface area contributed by atoms with Crippen molar-refractivity contribution in [2.24, 2.45) is 23.1 Å². The number of nitrogens with two attached hydrogens (primary N) is 3. The van der Waals surface area contributed by atoms with Crippen molar-refractivity contribution in [3.63, 3.8) is 0 Å². The summed E-state index contributed by atoms with van der Waals surface area (Å²) in [6.45, 7) is 0.548. The van der Waals surface area contributed by atoms with E-state index in [1.54, 1.807) is 0 Å². The van der Waals surface area contributed by atoms with Crippen LogP contribution in [0.5, 0.6) is 0 Å². The Balaban J connectivity index is 2.71. The maximum atomic E-state index is 12.3. The van der Waals surface area contributed by atoms with Crippen molar-refractivity contribution in [3.05, 3.63) is 0 Å². The number of aliphatic carboxylic acids is 1. The van der Waals surface area contributed by atoms with Crippen LogP contribution in [0, 0.1) is 5.92 Å². The molecule has 1 aliphatic heterocycles. The molecule has 9 nitrogen and oxygen atoms in total. The zero-order valence-electron chi connectivity index (χ0n) is 13.2. The van der Waals surface area contributed by atoms with Crippen LogP contribution in [0.3, 0.4) is 0 Å². The van der Waals surface area contributed by atoms with Crippen molar-refractivity contribution in [2.75, 3.05) is 19.6 Å². The van der Waals surface area contributed by atoms with Gasteiger partial charge in [-0.15, -0.1) is 0 Å². The molecular weight excluding hydrogens is 303 g/mol. The van der Waals surface area contributed by atoms with E-state index in [0.717, 1.165) is 0 Å². The Kier molecular flexibility index (Phi) is 7.42. The molecule has 0 spiro atoms. The second-order valence-corrected chi connectivity index (χ2v) is 6.21. The number of carbonyl (C=O) groups is 2. The molecule has 1 rings (SSSR count). The van der Waals surface area contributed by atoms with Crippen molar-refractivity contribution in [1.29, 1.82) is 0 Å². The molecule has 132 valence electrons. The van der Waals surface area contributed by atoms with E-state index in [1.807, 2.05) is 0 Å². The number of nitrogens with zero attached hydrogens (tertiary/aromatic N) is 1. The van der Waals surface area contributed by atoms with Gasteiger partial charge in [0.1, 0.15) is 5.54 Å². The maximum Gasteiger partial charge on any atom is 0.451 e. The standard InChI is InChI=1S/C13H27BN4O5/c15-6-2-4-10(16)11(19)18-7-9(3-1-5-14(22)23)13(17,8-18)12(20)21/h9-10,22-23H,1-8,15-17H2,(H,20,21)/t9?,10-,13-/m0/s1. The quantitative estimate of drug-likeness (QED) is 0.252. The molecule has 0 aliphatic carbocycles. The molecule has 1 amide bonds. The Morgan fingerprint density at radius 1 is 1.35 bits per heavy atom. The van der Waals surface area contributed by atoms with Gasteiger partial charge in [-0.3, -0.25) is 9.59 Å². The van der Waals surface area contributed by atoms with Gasteiger partial charge in [0.05, 0.1) is 6.04 Å². The van der Waals surface area contributed by atoms with Gasteiger partial charge in [-0.05, 0) is 32.1 Å². The maximum absolute atomic E-state index is 12.3. The van der Waals surface area contributed by atoms with Crippen molar-refractivity contribution in [1.82, 2.24) is 4.90 Å². The second kappa shape index (κ2) is 8.60. The average Bonchev–Trinajstić information content (AvgIpc) is 2.82. The van der Waals surface area contributed by atoms with E-state index in [0.29, 0.717) is 32.2 Å². The predicted molar refractivity (Wildman–Crippen MR) is 85.1 cm³/mol. The van der Waals surface area contributed by atoms with Gasteiger partial charge in [-0.2, -0.15) is 0 Å². The smallest absolute Gasteiger partial charge is 0.451 e. The first-order valence-corrected chi connectivity index (χ1v) is 7.85. The minimum atomic E-state index is -1.54. The molecule has 9 N–H and O–H groups in total. The fourth-order valence-corrected chi connectivity index (χ4v) is 2.94. The van der Waals surface area contributed by atoms with Crippen LogP contribution in [0.25, 0.3) is 0 Å². The van der Waals surface area contributed by atoms with Crippen molar-refractivity contribution in [2.45, 2.75) is 43.6 Å². The van der Waals surface area contributed by atoms with Crippen LogP contribution < -0.4 is 17.2 Å². The van der Waals surface area contributed by atoms with Crippen LogP contribution in [-0.4, -0.2) is 70.3 Å². The summed E-state index contributed by atoms with van der Waals surface area (Å²) in [7, 11) is -1.43. The summed E-state index contributed by atoms with van der Waals surface area (Å²) >= 11 is 0. The van der Waals surface area contributed by atoms with Crippen LogP contribution in [0.2, 0.25) is 6.32 Å². The van der Waals surface area contributed by atoms with Crippen LogP contribution in [0.15, 0.2) is 0 Å². The third-order valence-electron chi connectivity index (χ3n) is 4.38. The first kappa shape index (κ1) is 19.9. The largest absolute Gasteiger partial charge is 0.480 e. The van der Waals surface area contributed by atoms with E-state index in [2.05, 4.69) is 0 Å². The van der Waals surface area contributed by atoms with Crippen molar-refractivity contribution >= 4 is 19.0 Å². The Bertz CT molecular complexity index is 425. The third-order valence-corrected chi connectivity index (χ3v) is 4.38. The Labute approximate surface area is 135 Å². The molecule has 0 aromatic carbocycles. The molecule has 0 aromatic heterocycles. The summed E-state index contributed by atoms with van der Waals surface area (Å²) in [5.74, 6) is -1.94. The molecule has 3 atom stereocenters. The molecule has 0 bridgehead atoms. The number of hydrogen-bond donors (Lipinski definition) is 6. The Morgan fingerprint density at radius 2 is 2.00 bits per heavy atom. The van der Waals surface area contributed by atoms with Crippen LogP contribution in [-0.2, 0) is 9.59 Å². The summed E-state index contributed by atoms with van der Waals surface area (Å²) in [4.78, 5) is 25.3. The minimum Gasteiger partial charge on any atom is -0.480 e. The second-order valence-electron chi connectivity index (χ2n) is 6.21. The number of carbonyl (C=O) groups excluding carboxylic acids is 1. The van der Waals surface area contributed by atoms with E-state index >= 15 is 0 Å². The zero-order chi connectivity index (χ0) is 17.6. The number of hydrogen-bond acceptors (Lipinski definition) is 7. The number of likely N-dealkylation sites (tertiary alicyclic amines) is 1. The predicted octanol–water partition coefficient (Wildman–Crippen LogP) is -2.45. The van der Waals surface area contributed by atoms with Gasteiger partial charge in [-0.25, -0.2) is 0 Å². The van der Waals surface area contributed by atoms with Gasteiger partial charge in [-0.1, -0.05) is 6.42 Å². The lowest BCUT2D eigenvalue weighted by Crippen LogP contribution is -2.55. The van der Waals surface area contributed by atoms with E-state index < -0.39 is 30.6 Å². The van der Waals surface area contributed by atoms with E-state index in [-0.39, 0.29) is 25.3 Å². The lowest BCUT2D eigenvalue weighted by molar-refractivity contribution is -0.144. The number of carboxylic acid groups (broad SMARTS) is 1. The van der Waals surface area contributed by atoms with Gasteiger partial charge >= 0.3 is 13.1 Å². The summed E-state index contributed by atoms with van der Waals surface area (Å²) in [5.41, 5.74) is 15.7. The van der Waals surface area contributed by atoms with Crippen LogP contribution in [0.4, 0.5) is 0 Å². The molecule has 23 heavy (non-hydrogen) atoms. The Morgan fingerprint density at radius 3 is 2.52 bits per heavy atom. The molecule has 1 heterocycles. The normalized spacial score (nSPS) is 25.4. The minimum absolute atomic E-state index is 0.0934. The molecule has 0 radical (unpaired) electrons. The number of carboxylic acids is 1. The molecule has 1 unspecified atom stereocenters. The van der Waals surface area contributed by atoms with Gasteiger partial charge < -0.3 is 37.3 Å². The highest BCUT2D eigenvalue weighted by atomic mass is 16.4. The highest BCUT2D eigenvalue weighted by molar-refractivity contribution is 6.40. The number of amides is 1. The monoisotopic (exact) mass is 330 g/mol. The Hall–Kier alpha value is -1.20. The van der Waals surface area contributed by atoms with Crippen LogP contribution in [0.1, 0.15) is 25.7 Å². The first-order valence-electron chi connectivity index (χ1n) is 7.85. The highest BCUT2D eigenvalue weighted by Crippen LogP contribution is 2.31. The highest BCUT2D eigenvalue weighted by Gasteiger charge is 2.50. The fourth-order valence-electron chi connectivity index (χ4n) is 2.94. The zero-order valence-corrected chi connectivity index (χ0v) is 13.2. The summed E-state index contributed by atoms with van der Waals surface area (Å²) in [6.07, 6.45) is 2.00. The fraction of sp³-hybridized carbons (Fsp3) is 0.846. The van der Waals surface area contributed by atoms with Crippen molar-refractivity contribution < 1.29 is 24.7 Å². The average molecular weight is 330 g/mol. The van der Waals surface area contributed by atoms with Gasteiger partial charge in [0.15, 0.2) is 0 Å². The van der Waals surface area contributed by atoms with Gasteiger partial charge in [0.2, 0.25) is 5.91 Å². The molecule has 1 fully saturated rings. The lowest BCUT2D eigenvalue weighted by atomic mass is 9.78. The lowest BCUT2D eigenvalue weighted by Gasteiger charge is -2.25. The SMILES string of the molecule is NCCC[C@H](N)C(=O)N1CC(CCCB(O)O)[C@](N)(C(=O)O)C1. The molecule has 0 aromatic rings. The van der Waals surface area contributed by atoms with Gasteiger partial charge in [0, 0.05) is 19.0 Å². The van der Waals surface area contributed by atoms with E-state index in [4.69, 9.17) is 27.2 Å². The first-order chi connectivity index (χ1) is 10.7. The summed E-state index contributed by atoms with van der Waals surface area (Å²) < 4.78 is 0. The molecule has 1 aliphatic rings. The molecule has 10 heteroatoms. The third kappa shape index (κ3) is 5.15. The molecular formula is C13H27BN4O5. The number of rotatable bonds is 9. The molecule has 0 saturated carbocycles. The van der Waals surface area contributed by atoms with Crippen molar-refractivity contribution in [3.8, 4) is 0 Å². The molecule has 1 saturated heterocycles.